The number of epoxide rings is 1. The van der Waals surface area contributed by atoms with Crippen LogP contribution in [-0.2, 0) is 23.7 Å². The summed E-state index contributed by atoms with van der Waals surface area (Å²) >= 11 is 6.63. The van der Waals surface area contributed by atoms with Gasteiger partial charge in [0.2, 0.25) is 5.91 Å². The standard InChI is InChI=1S/C29H39ClN2O9/c1-15-9-8-10-22(38-6)29(36)14-20(40-27(35)31-29)16(2)26-28(3,41-26)21(33)13-23(34)32(4)18-11-17(25(15)39-7)12-19(37-5)24(18)30/h8-12,16,20-22,25-26,33,36H,13-14H2,1-7H3,(H,31,35)/b10-8+,15-9+. The number of methoxy groups -OCH3 is 3. The molecule has 2 fully saturated rings. The number of hydrogen-bond acceptors (Lipinski definition) is 9. The number of benzene rings is 1. The highest BCUT2D eigenvalue weighted by Crippen LogP contribution is 2.48. The molecule has 226 valence electrons. The lowest BCUT2D eigenvalue weighted by atomic mass is 9.84. The summed E-state index contributed by atoms with van der Waals surface area (Å²) in [4.78, 5) is 27.3. The van der Waals surface area contributed by atoms with Crippen molar-refractivity contribution in [1.82, 2.24) is 5.32 Å². The number of carbonyl (C=O) groups excluding carboxylic acids is 2. The third kappa shape index (κ3) is 5.97. The fourth-order valence-electron chi connectivity index (χ4n) is 5.76. The second kappa shape index (κ2) is 11.9. The predicted octanol–water partition coefficient (Wildman–Crippen LogP) is 3.26. The summed E-state index contributed by atoms with van der Waals surface area (Å²) in [5, 5.41) is 25.4. The van der Waals surface area contributed by atoms with Crippen molar-refractivity contribution in [3.05, 3.63) is 46.5 Å². The maximum atomic E-state index is 13.4. The number of alkyl carbamates (subject to hydrolysis) is 1. The van der Waals surface area contributed by atoms with E-state index >= 15 is 0 Å². The van der Waals surface area contributed by atoms with Gasteiger partial charge in [-0.15, -0.1) is 0 Å². The molecule has 0 saturated carbocycles. The van der Waals surface area contributed by atoms with Crippen molar-refractivity contribution >= 4 is 29.3 Å². The minimum Gasteiger partial charge on any atom is -0.495 e. The monoisotopic (exact) mass is 594 g/mol. The average molecular weight is 595 g/mol. The van der Waals surface area contributed by atoms with Crippen LogP contribution in [0, 0.1) is 5.92 Å². The molecule has 3 aliphatic rings. The van der Waals surface area contributed by atoms with Gasteiger partial charge in [0.25, 0.3) is 0 Å². The van der Waals surface area contributed by atoms with Gasteiger partial charge < -0.3 is 38.8 Å². The Bertz CT molecular complexity index is 1240. The van der Waals surface area contributed by atoms with Crippen LogP contribution >= 0.6 is 11.6 Å². The molecule has 3 aliphatic heterocycles. The topological polar surface area (TPSA) is 139 Å². The molecule has 11 nitrogen and oxygen atoms in total. The van der Waals surface area contributed by atoms with Crippen LogP contribution < -0.4 is 15.0 Å². The zero-order valence-corrected chi connectivity index (χ0v) is 25.1. The highest BCUT2D eigenvalue weighted by Gasteiger charge is 2.62. The van der Waals surface area contributed by atoms with Gasteiger partial charge in [0, 0.05) is 33.6 Å². The Morgan fingerprint density at radius 1 is 1.20 bits per heavy atom. The number of rotatable bonds is 3. The minimum absolute atomic E-state index is 0.00395. The van der Waals surface area contributed by atoms with E-state index in [1.54, 1.807) is 51.4 Å². The number of allylic oxidation sites excluding steroid dienone is 2. The van der Waals surface area contributed by atoms with E-state index < -0.39 is 59.8 Å². The number of halogens is 1. The van der Waals surface area contributed by atoms with Gasteiger partial charge in [-0.2, -0.15) is 0 Å². The fourth-order valence-corrected chi connectivity index (χ4v) is 6.07. The number of ether oxygens (including phenoxy) is 5. The molecule has 3 N–H and O–H groups in total. The van der Waals surface area contributed by atoms with E-state index in [1.807, 2.05) is 13.8 Å². The predicted molar refractivity (Wildman–Crippen MR) is 151 cm³/mol. The minimum atomic E-state index is -1.77. The third-order valence-corrected chi connectivity index (χ3v) is 8.77. The molecule has 2 saturated heterocycles. The van der Waals surface area contributed by atoms with Crippen LogP contribution in [0.2, 0.25) is 5.02 Å². The highest BCUT2D eigenvalue weighted by molar-refractivity contribution is 6.35. The first-order chi connectivity index (χ1) is 19.3. The summed E-state index contributed by atoms with van der Waals surface area (Å²) in [6.45, 7) is 5.39. The van der Waals surface area contributed by atoms with Gasteiger partial charge in [0.1, 0.15) is 34.7 Å². The number of fused-ring (bicyclic) bond motifs is 5. The number of nitrogens with one attached hydrogen (secondary N) is 1. The second-order valence-electron chi connectivity index (χ2n) is 11.1. The van der Waals surface area contributed by atoms with Gasteiger partial charge in [-0.25, -0.2) is 4.79 Å². The summed E-state index contributed by atoms with van der Waals surface area (Å²) in [5.41, 5.74) is -0.985. The average Bonchev–Trinajstić information content (AvgIpc) is 3.62. The Hall–Kier alpha value is -2.67. The molecular formula is C29H39ClN2O9. The third-order valence-electron chi connectivity index (χ3n) is 8.39. The van der Waals surface area contributed by atoms with Crippen LogP contribution in [0.5, 0.6) is 5.75 Å². The van der Waals surface area contributed by atoms with Crippen molar-refractivity contribution in [2.45, 2.75) is 75.5 Å². The number of amides is 2. The molecule has 8 atom stereocenters. The lowest BCUT2D eigenvalue weighted by molar-refractivity contribution is -0.142. The van der Waals surface area contributed by atoms with E-state index in [-0.39, 0.29) is 17.9 Å². The Kier molecular flexibility index (Phi) is 9.08. The van der Waals surface area contributed by atoms with E-state index in [2.05, 4.69) is 5.32 Å². The normalized spacial score (nSPS) is 38.2. The van der Waals surface area contributed by atoms with E-state index in [0.29, 0.717) is 17.0 Å². The number of carbonyl (C=O) groups is 2. The van der Waals surface area contributed by atoms with Crippen LogP contribution in [0.15, 0.2) is 35.9 Å². The molecular weight excluding hydrogens is 556 g/mol. The molecule has 0 aromatic heterocycles. The summed E-state index contributed by atoms with van der Waals surface area (Å²) in [7, 11) is 6.05. The zero-order chi connectivity index (χ0) is 30.3. The number of anilines is 1. The molecule has 1 aromatic rings. The number of aliphatic hydroxyl groups excluding tert-OH is 1. The maximum absolute atomic E-state index is 13.4. The first-order valence-corrected chi connectivity index (χ1v) is 13.8. The Labute approximate surface area is 245 Å². The SMILES string of the molecule is COc1cc2cc(c1Cl)N(C)C(=O)CC(O)C1(C)OC1C(C)C1CC(O)(NC(=O)O1)C(OC)/C=C/C=C(\C)C2OC. The summed E-state index contributed by atoms with van der Waals surface area (Å²) in [6.07, 6.45) is 0.196. The van der Waals surface area contributed by atoms with Crippen molar-refractivity contribution in [2.75, 3.05) is 33.3 Å². The van der Waals surface area contributed by atoms with Gasteiger partial charge in [0.05, 0.1) is 31.4 Å². The number of nitrogens with zero attached hydrogens (tertiary/aromatic N) is 1. The van der Waals surface area contributed by atoms with Crippen molar-refractivity contribution in [1.29, 1.82) is 0 Å². The first kappa shape index (κ1) is 31.3. The fraction of sp³-hybridized carbons (Fsp3) is 0.586. The second-order valence-corrected chi connectivity index (χ2v) is 11.5. The van der Waals surface area contributed by atoms with Crippen LogP contribution in [0.1, 0.15) is 45.3 Å². The van der Waals surface area contributed by atoms with Crippen LogP contribution in [0.25, 0.3) is 0 Å². The summed E-state index contributed by atoms with van der Waals surface area (Å²) in [6, 6.07) is 3.48. The van der Waals surface area contributed by atoms with E-state index in [0.717, 1.165) is 5.57 Å². The van der Waals surface area contributed by atoms with E-state index in [9.17, 15) is 19.8 Å². The highest BCUT2D eigenvalue weighted by atomic mass is 35.5. The first-order valence-electron chi connectivity index (χ1n) is 13.4. The largest absolute Gasteiger partial charge is 0.495 e. The molecule has 8 unspecified atom stereocenters. The smallest absolute Gasteiger partial charge is 0.409 e. The van der Waals surface area contributed by atoms with Gasteiger partial charge in [-0.1, -0.05) is 36.8 Å². The van der Waals surface area contributed by atoms with Crippen LogP contribution in [0.3, 0.4) is 0 Å². The lowest BCUT2D eigenvalue weighted by Gasteiger charge is -2.42. The van der Waals surface area contributed by atoms with Crippen LogP contribution in [-0.4, -0.2) is 86.3 Å². The molecule has 12 heteroatoms. The van der Waals surface area contributed by atoms with Crippen molar-refractivity contribution < 1.29 is 43.5 Å². The Morgan fingerprint density at radius 3 is 2.54 bits per heavy atom. The van der Waals surface area contributed by atoms with Crippen molar-refractivity contribution in [2.24, 2.45) is 5.92 Å². The number of aliphatic hydroxyl groups is 2. The molecule has 41 heavy (non-hydrogen) atoms. The lowest BCUT2D eigenvalue weighted by Crippen LogP contribution is -2.63. The van der Waals surface area contributed by atoms with Gasteiger partial charge in [0.15, 0.2) is 5.72 Å². The molecule has 1 aromatic carbocycles. The summed E-state index contributed by atoms with van der Waals surface area (Å²) < 4.78 is 28.3. The Morgan fingerprint density at radius 2 is 1.90 bits per heavy atom. The molecule has 3 heterocycles. The van der Waals surface area contributed by atoms with E-state index in [4.69, 9.17) is 35.3 Å². The van der Waals surface area contributed by atoms with Crippen molar-refractivity contribution in [3.8, 4) is 5.75 Å². The van der Waals surface area contributed by atoms with Gasteiger partial charge in [-0.05, 0) is 37.1 Å². The Balaban J connectivity index is 1.80. The van der Waals surface area contributed by atoms with Gasteiger partial charge >= 0.3 is 6.09 Å². The van der Waals surface area contributed by atoms with Crippen LogP contribution in [0.4, 0.5) is 10.5 Å². The maximum Gasteiger partial charge on any atom is 0.409 e. The molecule has 4 bridgehead atoms. The van der Waals surface area contributed by atoms with Gasteiger partial charge in [-0.3, -0.25) is 10.1 Å². The van der Waals surface area contributed by atoms with Crippen molar-refractivity contribution in [3.63, 3.8) is 0 Å². The molecule has 0 spiro atoms. The molecule has 0 radical (unpaired) electrons. The molecule has 0 aliphatic carbocycles. The quantitative estimate of drug-likeness (QED) is 0.450. The molecule has 4 rings (SSSR count). The van der Waals surface area contributed by atoms with E-state index in [1.165, 1.54) is 19.1 Å². The number of hydrogen-bond donors (Lipinski definition) is 3. The molecule has 2 amide bonds. The zero-order valence-electron chi connectivity index (χ0n) is 24.3. The summed E-state index contributed by atoms with van der Waals surface area (Å²) in [5.74, 6) is -0.454.